The van der Waals surface area contributed by atoms with Gasteiger partial charge >= 0.3 is 6.09 Å². The van der Waals surface area contributed by atoms with E-state index in [4.69, 9.17) is 38.7 Å². The average molecular weight is 388 g/mol. The summed E-state index contributed by atoms with van der Waals surface area (Å²) >= 11 is 13.7. The monoisotopic (exact) mass is 387 g/mol. The maximum Gasteiger partial charge on any atom is 0.404 e. The van der Waals surface area contributed by atoms with Crippen molar-refractivity contribution in [1.29, 1.82) is 0 Å². The topological polar surface area (TPSA) is 70.1 Å². The number of rotatable bonds is 6. The Balaban J connectivity index is 2.30. The lowest BCUT2D eigenvalue weighted by molar-refractivity contribution is 0.157. The Morgan fingerprint density at radius 2 is 1.96 bits per heavy atom. The van der Waals surface area contributed by atoms with E-state index in [1.54, 1.807) is 17.8 Å². The van der Waals surface area contributed by atoms with Gasteiger partial charge in [0.1, 0.15) is 17.5 Å². The van der Waals surface area contributed by atoms with Crippen molar-refractivity contribution in [3.05, 3.63) is 39.8 Å². The average Bonchev–Trinajstić information content (AvgIpc) is 2.75. The number of hydrogen-bond donors (Lipinski definition) is 1. The standard InChI is InChI=1S/C16H19Cl2N3O2S/c1-9(2)14-15(24-12-7-10(17)6-11(18)8-12)21(3)13(20-14)4-5-23-16(19)22/h6-9H,4-5H2,1-3H3,(H2,19,22). The molecule has 1 aromatic heterocycles. The van der Waals surface area contributed by atoms with Gasteiger partial charge in [-0.2, -0.15) is 0 Å². The van der Waals surface area contributed by atoms with Crippen LogP contribution in [0.25, 0.3) is 0 Å². The molecule has 0 spiro atoms. The summed E-state index contributed by atoms with van der Waals surface area (Å²) in [4.78, 5) is 16.3. The summed E-state index contributed by atoms with van der Waals surface area (Å²) in [5.41, 5.74) is 5.97. The highest BCUT2D eigenvalue weighted by Gasteiger charge is 2.19. The molecule has 0 aliphatic heterocycles. The second-order valence-corrected chi connectivity index (χ2v) is 7.49. The van der Waals surface area contributed by atoms with E-state index in [0.29, 0.717) is 16.5 Å². The number of primary amides is 1. The number of carbonyl (C=O) groups excluding carboxylic acids is 1. The minimum Gasteiger partial charge on any atom is -0.449 e. The molecule has 0 atom stereocenters. The zero-order chi connectivity index (χ0) is 17.9. The highest BCUT2D eigenvalue weighted by molar-refractivity contribution is 7.99. The van der Waals surface area contributed by atoms with Gasteiger partial charge in [-0.15, -0.1) is 0 Å². The predicted molar refractivity (Wildman–Crippen MR) is 97.1 cm³/mol. The largest absolute Gasteiger partial charge is 0.449 e. The number of carbonyl (C=O) groups is 1. The smallest absolute Gasteiger partial charge is 0.404 e. The van der Waals surface area contributed by atoms with Crippen molar-refractivity contribution in [3.8, 4) is 0 Å². The maximum atomic E-state index is 10.7. The van der Waals surface area contributed by atoms with Crippen molar-refractivity contribution in [2.75, 3.05) is 6.61 Å². The number of halogens is 2. The van der Waals surface area contributed by atoms with Gasteiger partial charge in [0.05, 0.1) is 5.69 Å². The molecule has 1 aromatic carbocycles. The molecule has 0 fully saturated rings. The molecule has 2 N–H and O–H groups in total. The fourth-order valence-corrected chi connectivity index (χ4v) is 4.09. The Morgan fingerprint density at radius 1 is 1.33 bits per heavy atom. The van der Waals surface area contributed by atoms with E-state index in [2.05, 4.69) is 13.8 Å². The molecule has 1 heterocycles. The highest BCUT2D eigenvalue weighted by atomic mass is 35.5. The third-order valence-corrected chi connectivity index (χ3v) is 4.91. The lowest BCUT2D eigenvalue weighted by atomic mass is 10.1. The lowest BCUT2D eigenvalue weighted by Gasteiger charge is -2.09. The van der Waals surface area contributed by atoms with E-state index in [-0.39, 0.29) is 12.5 Å². The number of nitrogens with two attached hydrogens (primary N) is 1. The van der Waals surface area contributed by atoms with Crippen molar-refractivity contribution in [1.82, 2.24) is 9.55 Å². The summed E-state index contributed by atoms with van der Waals surface area (Å²) < 4.78 is 6.80. The molecule has 2 rings (SSSR count). The molecule has 8 heteroatoms. The Labute approximate surface area is 155 Å². The van der Waals surface area contributed by atoms with Crippen molar-refractivity contribution in [2.24, 2.45) is 12.8 Å². The number of aromatic nitrogens is 2. The number of imidazole rings is 1. The zero-order valence-electron chi connectivity index (χ0n) is 13.7. The first-order valence-electron chi connectivity index (χ1n) is 7.39. The summed E-state index contributed by atoms with van der Waals surface area (Å²) in [6, 6.07) is 5.43. The number of benzene rings is 1. The number of ether oxygens (including phenoxy) is 1. The van der Waals surface area contributed by atoms with Gasteiger partial charge in [-0.05, 0) is 24.1 Å². The summed E-state index contributed by atoms with van der Waals surface area (Å²) in [5.74, 6) is 1.08. The maximum absolute atomic E-state index is 10.7. The van der Waals surface area contributed by atoms with Crippen LogP contribution in [0.1, 0.15) is 31.3 Å². The molecule has 1 amide bonds. The minimum atomic E-state index is -0.781. The van der Waals surface area contributed by atoms with E-state index in [0.717, 1.165) is 21.4 Å². The highest BCUT2D eigenvalue weighted by Crippen LogP contribution is 2.36. The summed E-state index contributed by atoms with van der Waals surface area (Å²) in [7, 11) is 1.94. The Bertz CT molecular complexity index is 727. The van der Waals surface area contributed by atoms with Crippen LogP contribution in [-0.4, -0.2) is 22.3 Å². The van der Waals surface area contributed by atoms with Crippen LogP contribution in [0.3, 0.4) is 0 Å². The molecule has 2 aromatic rings. The summed E-state index contributed by atoms with van der Waals surface area (Å²) in [5, 5.41) is 2.19. The summed E-state index contributed by atoms with van der Waals surface area (Å²) in [6.45, 7) is 4.37. The predicted octanol–water partition coefficient (Wildman–Crippen LogP) is 4.64. The van der Waals surface area contributed by atoms with Gasteiger partial charge in [0.2, 0.25) is 0 Å². The fraction of sp³-hybridized carbons (Fsp3) is 0.375. The first kappa shape index (κ1) is 19.0. The molecule has 0 aliphatic rings. The molecule has 5 nitrogen and oxygen atoms in total. The first-order valence-corrected chi connectivity index (χ1v) is 8.96. The van der Waals surface area contributed by atoms with Crippen LogP contribution in [0.4, 0.5) is 4.79 Å². The van der Waals surface area contributed by atoms with Crippen molar-refractivity contribution in [3.63, 3.8) is 0 Å². The molecule has 0 saturated heterocycles. The van der Waals surface area contributed by atoms with Crippen LogP contribution in [0.5, 0.6) is 0 Å². The van der Waals surface area contributed by atoms with Gasteiger partial charge in [-0.3, -0.25) is 0 Å². The van der Waals surface area contributed by atoms with Crippen LogP contribution >= 0.6 is 35.0 Å². The van der Waals surface area contributed by atoms with Crippen molar-refractivity contribution in [2.45, 2.75) is 36.1 Å². The van der Waals surface area contributed by atoms with Gasteiger partial charge in [-0.25, -0.2) is 9.78 Å². The van der Waals surface area contributed by atoms with E-state index < -0.39 is 6.09 Å². The second-order valence-electron chi connectivity index (χ2n) is 5.56. The van der Waals surface area contributed by atoms with E-state index in [1.807, 2.05) is 23.7 Å². The minimum absolute atomic E-state index is 0.199. The molecule has 0 bridgehead atoms. The lowest BCUT2D eigenvalue weighted by Crippen LogP contribution is -2.15. The summed E-state index contributed by atoms with van der Waals surface area (Å²) in [6.07, 6.45) is -0.285. The molecular formula is C16H19Cl2N3O2S. The van der Waals surface area contributed by atoms with Crippen LogP contribution in [-0.2, 0) is 18.2 Å². The molecule has 0 aliphatic carbocycles. The number of amides is 1. The van der Waals surface area contributed by atoms with Crippen molar-refractivity contribution >= 4 is 41.1 Å². The number of hydrogen-bond acceptors (Lipinski definition) is 4. The zero-order valence-corrected chi connectivity index (χ0v) is 16.0. The molecular weight excluding hydrogens is 369 g/mol. The third-order valence-electron chi connectivity index (χ3n) is 3.33. The van der Waals surface area contributed by atoms with E-state index in [9.17, 15) is 4.79 Å². The van der Waals surface area contributed by atoms with E-state index in [1.165, 1.54) is 0 Å². The first-order chi connectivity index (χ1) is 11.3. The van der Waals surface area contributed by atoms with Gasteiger partial charge in [-0.1, -0.05) is 48.8 Å². The van der Waals surface area contributed by atoms with Gasteiger partial charge in [0.15, 0.2) is 0 Å². The molecule has 24 heavy (non-hydrogen) atoms. The Kier molecular flexibility index (Phi) is 6.43. The van der Waals surface area contributed by atoms with Crippen LogP contribution in [0.2, 0.25) is 10.0 Å². The van der Waals surface area contributed by atoms with Gasteiger partial charge in [0.25, 0.3) is 0 Å². The fourth-order valence-electron chi connectivity index (χ4n) is 2.21. The van der Waals surface area contributed by atoms with Crippen LogP contribution < -0.4 is 5.73 Å². The van der Waals surface area contributed by atoms with Crippen molar-refractivity contribution < 1.29 is 9.53 Å². The third kappa shape index (κ3) is 4.82. The quantitative estimate of drug-likeness (QED) is 0.783. The van der Waals surface area contributed by atoms with Crippen LogP contribution in [0.15, 0.2) is 28.1 Å². The molecule has 130 valence electrons. The molecule has 0 radical (unpaired) electrons. The molecule has 0 unspecified atom stereocenters. The Morgan fingerprint density at radius 3 is 2.50 bits per heavy atom. The van der Waals surface area contributed by atoms with E-state index >= 15 is 0 Å². The van der Waals surface area contributed by atoms with Gasteiger partial charge in [0, 0.05) is 28.4 Å². The molecule has 0 saturated carbocycles. The number of nitrogens with zero attached hydrogens (tertiary/aromatic N) is 2. The second kappa shape index (κ2) is 8.14. The SMILES string of the molecule is CC(C)c1nc(CCOC(N)=O)n(C)c1Sc1cc(Cl)cc(Cl)c1. The Hall–Kier alpha value is -1.37. The van der Waals surface area contributed by atoms with Gasteiger partial charge < -0.3 is 15.0 Å². The normalized spacial score (nSPS) is 11.1. The van der Waals surface area contributed by atoms with Crippen LogP contribution in [0, 0.1) is 0 Å².